The van der Waals surface area contributed by atoms with Gasteiger partial charge in [-0.3, -0.25) is 4.79 Å². The van der Waals surface area contributed by atoms with Crippen molar-refractivity contribution in [2.45, 2.75) is 19.3 Å². The van der Waals surface area contributed by atoms with Gasteiger partial charge in [0.05, 0.1) is 0 Å². The van der Waals surface area contributed by atoms with Gasteiger partial charge in [0.15, 0.2) is 5.12 Å². The minimum atomic E-state index is -0.0171. The standard InChI is InChI=1S/C9H11OS.C5H5.Fe/c10-9(11)7-3-6-8-4-1-2-5-8;1-2-4-5-3-1;/h1-2,4-5H,3,6-7H2,(H,10,11);1-5H;/q;;+2. The summed E-state index contributed by atoms with van der Waals surface area (Å²) in [6.45, 7) is 0. The van der Waals surface area contributed by atoms with E-state index in [1.165, 1.54) is 5.92 Å². The van der Waals surface area contributed by atoms with Gasteiger partial charge in [-0.2, -0.15) is 0 Å². The average molecular weight is 288 g/mol. The third kappa shape index (κ3) is 10.2. The fourth-order valence-corrected chi connectivity index (χ4v) is 1.50. The number of hydrogen-bond donors (Lipinski definition) is 1. The van der Waals surface area contributed by atoms with Crippen LogP contribution in [0.4, 0.5) is 0 Å². The molecule has 17 heavy (non-hydrogen) atoms. The molecule has 0 amide bonds. The smallest absolute Gasteiger partial charge is 0.288 e. The second-order valence-corrected chi connectivity index (χ2v) is 4.00. The molecule has 2 saturated carbocycles. The third-order valence-electron chi connectivity index (χ3n) is 2.14. The van der Waals surface area contributed by atoms with Crippen LogP contribution in [0.2, 0.25) is 0 Å². The number of rotatable bonds is 4. The van der Waals surface area contributed by atoms with E-state index in [-0.39, 0.29) is 22.2 Å². The van der Waals surface area contributed by atoms with Gasteiger partial charge in [0, 0.05) is 6.42 Å². The molecule has 3 heteroatoms. The Morgan fingerprint density at radius 1 is 0.941 bits per heavy atom. The van der Waals surface area contributed by atoms with Crippen molar-refractivity contribution in [2.75, 3.05) is 0 Å². The minimum Gasteiger partial charge on any atom is -0.288 e. The van der Waals surface area contributed by atoms with Crippen molar-refractivity contribution in [1.82, 2.24) is 0 Å². The van der Waals surface area contributed by atoms with Crippen molar-refractivity contribution in [3.05, 3.63) is 63.7 Å². The van der Waals surface area contributed by atoms with Gasteiger partial charge in [-0.15, -0.1) is 12.6 Å². The van der Waals surface area contributed by atoms with E-state index >= 15 is 0 Å². The normalized spacial score (nSPS) is 19.4. The largest absolute Gasteiger partial charge is 2.00 e. The van der Waals surface area contributed by atoms with E-state index in [1.807, 2.05) is 44.9 Å². The molecule has 2 rings (SSSR count). The van der Waals surface area contributed by atoms with Crippen LogP contribution < -0.4 is 0 Å². The summed E-state index contributed by atoms with van der Waals surface area (Å²) in [5.74, 6) is 1.31. The molecule has 0 atom stereocenters. The molecule has 0 N–H and O–H groups in total. The average Bonchev–Trinajstić information content (AvgIpc) is 2.93. The van der Waals surface area contributed by atoms with Crippen molar-refractivity contribution in [1.29, 1.82) is 0 Å². The van der Waals surface area contributed by atoms with Crippen LogP contribution in [0.1, 0.15) is 19.3 Å². The second-order valence-electron chi connectivity index (χ2n) is 3.50. The zero-order valence-electron chi connectivity index (χ0n) is 9.53. The number of carbonyl (C=O) groups excluding carboxylic acids is 1. The van der Waals surface area contributed by atoms with Gasteiger partial charge in [0.2, 0.25) is 0 Å². The second kappa shape index (κ2) is 11.6. The van der Waals surface area contributed by atoms with Crippen LogP contribution in [0.25, 0.3) is 0 Å². The Kier molecular flexibility index (Phi) is 12.0. The summed E-state index contributed by atoms with van der Waals surface area (Å²) in [6, 6.07) is 0. The van der Waals surface area contributed by atoms with E-state index in [4.69, 9.17) is 0 Å². The molecule has 0 saturated heterocycles. The first-order valence-corrected chi connectivity index (χ1v) is 5.83. The Morgan fingerprint density at radius 2 is 1.41 bits per heavy atom. The monoisotopic (exact) mass is 288 g/mol. The fourth-order valence-electron chi connectivity index (χ4n) is 1.35. The molecule has 0 aromatic rings. The maximum absolute atomic E-state index is 10.4. The topological polar surface area (TPSA) is 17.1 Å². The first kappa shape index (κ1) is 17.5. The summed E-state index contributed by atoms with van der Waals surface area (Å²) in [6.07, 6.45) is 20.6. The molecule has 2 aliphatic rings. The fraction of sp³-hybridized carbons (Fsp3) is 0.214. The van der Waals surface area contributed by atoms with Crippen LogP contribution in [0.3, 0.4) is 0 Å². The van der Waals surface area contributed by atoms with E-state index < -0.39 is 0 Å². The third-order valence-corrected chi connectivity index (χ3v) is 2.37. The Bertz CT molecular complexity index is 179. The molecule has 10 radical (unpaired) electrons. The maximum atomic E-state index is 10.4. The first-order chi connectivity index (χ1) is 7.79. The van der Waals surface area contributed by atoms with Crippen molar-refractivity contribution in [3.8, 4) is 0 Å². The predicted octanol–water partition coefficient (Wildman–Crippen LogP) is 3.04. The van der Waals surface area contributed by atoms with Gasteiger partial charge < -0.3 is 0 Å². The van der Waals surface area contributed by atoms with Gasteiger partial charge in [0.25, 0.3) is 0 Å². The zero-order chi connectivity index (χ0) is 11.6. The molecule has 0 aromatic heterocycles. The molecular formula is C14H16FeOS+2. The molecule has 2 aliphatic carbocycles. The molecule has 90 valence electrons. The van der Waals surface area contributed by atoms with E-state index in [0.717, 1.165) is 12.8 Å². The molecule has 0 heterocycles. The SMILES string of the molecule is O=C(S)CCC[C]1[CH][CH][CH][CH]1.[CH]1[CH][CH][CH][CH]1.[Fe+2]. The van der Waals surface area contributed by atoms with Crippen LogP contribution in [0.5, 0.6) is 0 Å². The summed E-state index contributed by atoms with van der Waals surface area (Å²) in [5, 5.41) is -0.0171. The molecule has 1 nitrogen and oxygen atoms in total. The molecule has 2 fully saturated rings. The summed E-state index contributed by atoms with van der Waals surface area (Å²) in [4.78, 5) is 10.4. The van der Waals surface area contributed by atoms with E-state index in [2.05, 4.69) is 25.5 Å². The van der Waals surface area contributed by atoms with E-state index in [9.17, 15) is 4.79 Å². The molecule has 0 aromatic carbocycles. The minimum absolute atomic E-state index is 0. The molecule has 0 unspecified atom stereocenters. The maximum Gasteiger partial charge on any atom is 2.00 e. The summed E-state index contributed by atoms with van der Waals surface area (Å²) in [7, 11) is 0. The van der Waals surface area contributed by atoms with Crippen molar-refractivity contribution < 1.29 is 21.9 Å². The Labute approximate surface area is 122 Å². The summed E-state index contributed by atoms with van der Waals surface area (Å²) in [5.41, 5.74) is 0. The summed E-state index contributed by atoms with van der Waals surface area (Å²) >= 11 is 3.69. The molecule has 0 spiro atoms. The van der Waals surface area contributed by atoms with Gasteiger partial charge in [0.1, 0.15) is 0 Å². The van der Waals surface area contributed by atoms with Crippen LogP contribution >= 0.6 is 12.6 Å². The van der Waals surface area contributed by atoms with Crippen molar-refractivity contribution in [3.63, 3.8) is 0 Å². The van der Waals surface area contributed by atoms with E-state index in [0.29, 0.717) is 6.42 Å². The van der Waals surface area contributed by atoms with Crippen molar-refractivity contribution >= 4 is 17.7 Å². The van der Waals surface area contributed by atoms with Gasteiger partial charge in [-0.1, -0.05) is 0 Å². The van der Waals surface area contributed by atoms with Crippen molar-refractivity contribution in [2.24, 2.45) is 0 Å². The summed E-state index contributed by atoms with van der Waals surface area (Å²) < 4.78 is 0. The van der Waals surface area contributed by atoms with Gasteiger partial charge in [-0.05, 0) is 76.5 Å². The predicted molar refractivity (Wildman–Crippen MR) is 69.8 cm³/mol. The molecule has 0 bridgehead atoms. The molecular weight excluding hydrogens is 272 g/mol. The Morgan fingerprint density at radius 3 is 1.82 bits per heavy atom. The van der Waals surface area contributed by atoms with Gasteiger partial charge in [-0.25, -0.2) is 0 Å². The Balaban J connectivity index is 0.000000360. The van der Waals surface area contributed by atoms with Crippen LogP contribution in [0.15, 0.2) is 0 Å². The quantitative estimate of drug-likeness (QED) is 0.621. The molecule has 0 aliphatic heterocycles. The number of thiol groups is 1. The van der Waals surface area contributed by atoms with Crippen LogP contribution in [-0.4, -0.2) is 5.12 Å². The van der Waals surface area contributed by atoms with Crippen LogP contribution in [0, 0.1) is 63.7 Å². The Hall–Kier alpha value is 0.539. The van der Waals surface area contributed by atoms with Crippen LogP contribution in [-0.2, 0) is 21.9 Å². The first-order valence-electron chi connectivity index (χ1n) is 5.38. The van der Waals surface area contributed by atoms with Gasteiger partial charge >= 0.3 is 17.1 Å². The zero-order valence-corrected chi connectivity index (χ0v) is 11.5. The van der Waals surface area contributed by atoms with E-state index in [1.54, 1.807) is 0 Å². The number of carbonyl (C=O) groups is 1. The number of hydrogen-bond acceptors (Lipinski definition) is 1.